The van der Waals surface area contributed by atoms with E-state index in [1.165, 1.54) is 29.2 Å². The van der Waals surface area contributed by atoms with Gasteiger partial charge in [-0.25, -0.2) is 9.37 Å². The molecule has 26 heavy (non-hydrogen) atoms. The highest BCUT2D eigenvalue weighted by atomic mass is 35.5. The van der Waals surface area contributed by atoms with E-state index in [1.807, 2.05) is 19.1 Å². The van der Waals surface area contributed by atoms with E-state index in [-0.39, 0.29) is 17.5 Å². The van der Waals surface area contributed by atoms with Gasteiger partial charge in [0, 0.05) is 11.4 Å². The Kier molecular flexibility index (Phi) is 6.29. The minimum Gasteiger partial charge on any atom is -0.337 e. The average molecular weight is 411 g/mol. The van der Waals surface area contributed by atoms with Crippen LogP contribution in [0.4, 0.5) is 4.39 Å². The first kappa shape index (κ1) is 18.9. The first-order valence-corrected chi connectivity index (χ1v) is 10.1. The van der Waals surface area contributed by atoms with E-state index in [0.29, 0.717) is 34.0 Å². The molecule has 0 unspecified atom stereocenters. The monoisotopic (exact) mass is 410 g/mol. The Morgan fingerprint density at radius 1 is 1.35 bits per heavy atom. The summed E-state index contributed by atoms with van der Waals surface area (Å²) < 4.78 is 14.5. The van der Waals surface area contributed by atoms with Gasteiger partial charge in [0.1, 0.15) is 5.82 Å². The second-order valence-corrected chi connectivity index (χ2v) is 8.09. The zero-order valence-corrected chi connectivity index (χ0v) is 16.3. The summed E-state index contributed by atoms with van der Waals surface area (Å²) >= 11 is 8.62. The van der Waals surface area contributed by atoms with Crippen LogP contribution < -0.4 is 0 Å². The number of aromatic nitrogens is 3. The molecule has 1 aromatic carbocycles. The second kappa shape index (κ2) is 8.66. The number of thioether (sulfide) groups is 1. The van der Waals surface area contributed by atoms with Crippen molar-refractivity contribution in [2.45, 2.75) is 18.6 Å². The summed E-state index contributed by atoms with van der Waals surface area (Å²) in [5, 5.41) is 7.17. The fourth-order valence-corrected chi connectivity index (χ4v) is 4.11. The molecule has 0 aliphatic carbocycles. The normalized spacial score (nSPS) is 10.9. The predicted molar refractivity (Wildman–Crippen MR) is 103 cm³/mol. The smallest absolute Gasteiger partial charge is 0.233 e. The first-order valence-electron chi connectivity index (χ1n) is 7.89. The maximum absolute atomic E-state index is 13.8. The number of carbonyl (C=O) groups is 1. The average Bonchev–Trinajstić information content (AvgIpc) is 3.27. The van der Waals surface area contributed by atoms with Gasteiger partial charge in [-0.2, -0.15) is 0 Å². The van der Waals surface area contributed by atoms with Crippen molar-refractivity contribution in [3.05, 3.63) is 51.4 Å². The number of nitrogens with zero attached hydrogens (tertiary/aromatic N) is 3. The molecule has 3 aromatic rings. The number of thiophene rings is 1. The lowest BCUT2D eigenvalue weighted by molar-refractivity contribution is -0.128. The highest BCUT2D eigenvalue weighted by Crippen LogP contribution is 2.24. The number of rotatable bonds is 7. The van der Waals surface area contributed by atoms with Gasteiger partial charge in [-0.15, -0.1) is 16.4 Å². The Labute approximate surface area is 163 Å². The van der Waals surface area contributed by atoms with E-state index in [4.69, 9.17) is 11.6 Å². The molecule has 0 aliphatic heterocycles. The quantitative estimate of drug-likeness (QED) is 0.584. The van der Waals surface area contributed by atoms with Gasteiger partial charge in [-0.3, -0.25) is 9.89 Å². The minimum atomic E-state index is -0.372. The summed E-state index contributed by atoms with van der Waals surface area (Å²) in [5.41, 5.74) is 0.350. The van der Waals surface area contributed by atoms with Crippen LogP contribution in [0, 0.1) is 5.82 Å². The summed E-state index contributed by atoms with van der Waals surface area (Å²) in [7, 11) is 0. The third-order valence-corrected chi connectivity index (χ3v) is 5.68. The zero-order valence-electron chi connectivity index (χ0n) is 13.9. The van der Waals surface area contributed by atoms with Gasteiger partial charge in [-0.1, -0.05) is 35.5 Å². The zero-order chi connectivity index (χ0) is 18.5. The number of aromatic amines is 1. The van der Waals surface area contributed by atoms with Crippen LogP contribution in [-0.4, -0.2) is 38.3 Å². The fourth-order valence-electron chi connectivity index (χ4n) is 2.30. The van der Waals surface area contributed by atoms with Crippen molar-refractivity contribution in [2.75, 3.05) is 12.3 Å². The highest BCUT2D eigenvalue weighted by molar-refractivity contribution is 7.99. The van der Waals surface area contributed by atoms with E-state index in [1.54, 1.807) is 23.1 Å². The molecular weight excluding hydrogens is 395 g/mol. The molecule has 2 aromatic heterocycles. The summed E-state index contributed by atoms with van der Waals surface area (Å²) in [6.07, 6.45) is 0. The molecule has 9 heteroatoms. The topological polar surface area (TPSA) is 61.9 Å². The van der Waals surface area contributed by atoms with E-state index in [9.17, 15) is 9.18 Å². The molecular formula is C17H16ClFN4OS2. The standard InChI is InChI=1S/C17H16ClFN4OS2/c1-2-23(9-11-7-8-14(18)26-11)15(24)10-25-17-20-16(21-22-17)12-5-3-4-6-13(12)19/h3-8H,2,9-10H2,1H3,(H,20,21,22). The van der Waals surface area contributed by atoms with Gasteiger partial charge in [0.2, 0.25) is 11.1 Å². The van der Waals surface area contributed by atoms with Gasteiger partial charge < -0.3 is 4.90 Å². The maximum atomic E-state index is 13.8. The predicted octanol–water partition coefficient (Wildman–Crippen LogP) is 4.47. The Hall–Kier alpha value is -1.90. The number of amides is 1. The van der Waals surface area contributed by atoms with Gasteiger partial charge in [0.15, 0.2) is 5.82 Å². The van der Waals surface area contributed by atoms with Crippen molar-refractivity contribution >= 4 is 40.6 Å². The third kappa shape index (κ3) is 4.63. The molecule has 0 saturated carbocycles. The summed E-state index contributed by atoms with van der Waals surface area (Å²) in [6, 6.07) is 10.1. The number of H-pyrrole nitrogens is 1. The largest absolute Gasteiger partial charge is 0.337 e. The highest BCUT2D eigenvalue weighted by Gasteiger charge is 2.16. The number of carbonyl (C=O) groups excluding carboxylic acids is 1. The fraction of sp³-hybridized carbons (Fsp3) is 0.235. The molecule has 5 nitrogen and oxygen atoms in total. The molecule has 0 saturated heterocycles. The maximum Gasteiger partial charge on any atom is 0.233 e. The van der Waals surface area contributed by atoms with E-state index < -0.39 is 0 Å². The SMILES string of the molecule is CCN(Cc1ccc(Cl)s1)C(=O)CSc1n[nH]c(-c2ccccc2F)n1. The molecule has 0 atom stereocenters. The van der Waals surface area contributed by atoms with E-state index in [0.717, 1.165) is 4.88 Å². The number of benzene rings is 1. The summed E-state index contributed by atoms with van der Waals surface area (Å²) in [4.78, 5) is 19.5. The number of halogens is 2. The molecule has 2 heterocycles. The second-order valence-electron chi connectivity index (χ2n) is 5.35. The molecule has 0 fully saturated rings. The van der Waals surface area contributed by atoms with Crippen molar-refractivity contribution in [2.24, 2.45) is 0 Å². The Morgan fingerprint density at radius 2 is 2.15 bits per heavy atom. The van der Waals surface area contributed by atoms with Crippen LogP contribution in [-0.2, 0) is 11.3 Å². The molecule has 1 N–H and O–H groups in total. The van der Waals surface area contributed by atoms with Crippen molar-refractivity contribution in [3.8, 4) is 11.4 Å². The van der Waals surface area contributed by atoms with E-state index in [2.05, 4.69) is 15.2 Å². The Bertz CT molecular complexity index is 898. The van der Waals surface area contributed by atoms with Crippen LogP contribution in [0.1, 0.15) is 11.8 Å². The van der Waals surface area contributed by atoms with Crippen LogP contribution >= 0.6 is 34.7 Å². The molecule has 1 amide bonds. The summed E-state index contributed by atoms with van der Waals surface area (Å²) in [6.45, 7) is 3.06. The van der Waals surface area contributed by atoms with Gasteiger partial charge in [-0.05, 0) is 31.2 Å². The number of hydrogen-bond donors (Lipinski definition) is 1. The Balaban J connectivity index is 1.59. The molecule has 3 rings (SSSR count). The van der Waals surface area contributed by atoms with Crippen molar-refractivity contribution in [1.29, 1.82) is 0 Å². The lowest BCUT2D eigenvalue weighted by atomic mass is 10.2. The first-order chi connectivity index (χ1) is 12.6. The number of hydrogen-bond acceptors (Lipinski definition) is 5. The molecule has 136 valence electrons. The lowest BCUT2D eigenvalue weighted by Crippen LogP contribution is -2.31. The molecule has 0 aliphatic rings. The van der Waals surface area contributed by atoms with Gasteiger partial charge in [0.05, 0.1) is 22.2 Å². The van der Waals surface area contributed by atoms with Crippen LogP contribution in [0.3, 0.4) is 0 Å². The van der Waals surface area contributed by atoms with Crippen LogP contribution in [0.25, 0.3) is 11.4 Å². The lowest BCUT2D eigenvalue weighted by Gasteiger charge is -2.19. The molecule has 0 radical (unpaired) electrons. The van der Waals surface area contributed by atoms with Crippen molar-refractivity contribution < 1.29 is 9.18 Å². The van der Waals surface area contributed by atoms with Gasteiger partial charge >= 0.3 is 0 Å². The van der Waals surface area contributed by atoms with Crippen LogP contribution in [0.2, 0.25) is 4.34 Å². The summed E-state index contributed by atoms with van der Waals surface area (Å²) in [5.74, 6) is 0.169. The van der Waals surface area contributed by atoms with E-state index >= 15 is 0 Å². The van der Waals surface area contributed by atoms with Crippen molar-refractivity contribution in [3.63, 3.8) is 0 Å². The van der Waals surface area contributed by atoms with Crippen LogP contribution in [0.5, 0.6) is 0 Å². The Morgan fingerprint density at radius 3 is 2.85 bits per heavy atom. The molecule has 0 spiro atoms. The van der Waals surface area contributed by atoms with Gasteiger partial charge in [0.25, 0.3) is 0 Å². The third-order valence-electron chi connectivity index (χ3n) is 3.63. The molecule has 0 bridgehead atoms. The minimum absolute atomic E-state index is 0.0146. The number of nitrogens with one attached hydrogen (secondary N) is 1. The van der Waals surface area contributed by atoms with Crippen LogP contribution in [0.15, 0.2) is 41.6 Å². The van der Waals surface area contributed by atoms with Crippen molar-refractivity contribution in [1.82, 2.24) is 20.1 Å².